The van der Waals surface area contributed by atoms with Crippen LogP contribution >= 0.6 is 11.3 Å². The number of hydrogen-bond donors (Lipinski definition) is 0. The lowest BCUT2D eigenvalue weighted by Crippen LogP contribution is -2.44. The maximum Gasteiger partial charge on any atom is 0.243 e. The molecule has 2 aromatic heterocycles. The number of amides is 1. The van der Waals surface area contributed by atoms with Crippen LogP contribution in [0.1, 0.15) is 23.5 Å². The van der Waals surface area contributed by atoms with Crippen LogP contribution in [-0.4, -0.2) is 49.8 Å². The van der Waals surface area contributed by atoms with E-state index in [2.05, 4.69) is 0 Å². The van der Waals surface area contributed by atoms with E-state index in [4.69, 9.17) is 13.9 Å². The van der Waals surface area contributed by atoms with Gasteiger partial charge in [-0.3, -0.25) is 4.79 Å². The summed E-state index contributed by atoms with van der Waals surface area (Å²) in [6.45, 7) is 2.32. The van der Waals surface area contributed by atoms with Crippen molar-refractivity contribution < 1.29 is 27.1 Å². The number of thiophene rings is 1. The number of benzene rings is 1. The summed E-state index contributed by atoms with van der Waals surface area (Å²) in [6.07, 6.45) is 2.55. The average Bonchev–Trinajstić information content (AvgIpc) is 3.57. The minimum atomic E-state index is -3.69. The Labute approximate surface area is 202 Å². The van der Waals surface area contributed by atoms with E-state index < -0.39 is 10.0 Å². The number of piperidine rings is 1. The highest BCUT2D eigenvalue weighted by Crippen LogP contribution is 2.34. The number of hydrogen-bond acceptors (Lipinski definition) is 7. The smallest absolute Gasteiger partial charge is 0.243 e. The Balaban J connectivity index is 1.26. The van der Waals surface area contributed by atoms with E-state index in [-0.39, 0.29) is 16.7 Å². The van der Waals surface area contributed by atoms with Crippen LogP contribution in [0.4, 0.5) is 0 Å². The Hall–Kier alpha value is -2.82. The Morgan fingerprint density at radius 1 is 1.03 bits per heavy atom. The van der Waals surface area contributed by atoms with Gasteiger partial charge in [0.25, 0.3) is 0 Å². The van der Waals surface area contributed by atoms with E-state index in [1.165, 1.54) is 10.4 Å². The second kappa shape index (κ2) is 9.81. The second-order valence-corrected chi connectivity index (χ2v) is 11.3. The molecule has 5 rings (SSSR count). The molecule has 0 spiro atoms. The predicted octanol–water partition coefficient (Wildman–Crippen LogP) is 3.74. The predicted molar refractivity (Wildman–Crippen MR) is 126 cm³/mol. The van der Waals surface area contributed by atoms with Gasteiger partial charge < -0.3 is 18.8 Å². The Kier molecular flexibility index (Phi) is 6.62. The van der Waals surface area contributed by atoms with Crippen molar-refractivity contribution in [3.05, 3.63) is 64.7 Å². The maximum atomic E-state index is 13.4. The van der Waals surface area contributed by atoms with Crippen molar-refractivity contribution in [1.29, 1.82) is 0 Å². The van der Waals surface area contributed by atoms with Crippen LogP contribution in [0.2, 0.25) is 0 Å². The first kappa shape index (κ1) is 22.9. The molecule has 0 saturated carbocycles. The van der Waals surface area contributed by atoms with Crippen molar-refractivity contribution >= 4 is 27.3 Å². The van der Waals surface area contributed by atoms with Gasteiger partial charge in [-0.15, -0.1) is 11.3 Å². The summed E-state index contributed by atoms with van der Waals surface area (Å²) in [4.78, 5) is 16.5. The minimum absolute atomic E-state index is 0.0289. The van der Waals surface area contributed by atoms with Gasteiger partial charge in [-0.25, -0.2) is 8.42 Å². The number of rotatable bonds is 7. The molecule has 1 aromatic carbocycles. The summed E-state index contributed by atoms with van der Waals surface area (Å²) in [7, 11) is -3.69. The number of ether oxygens (including phenoxy) is 2. The van der Waals surface area contributed by atoms with Crippen molar-refractivity contribution in [1.82, 2.24) is 9.21 Å². The van der Waals surface area contributed by atoms with Gasteiger partial charge in [0.2, 0.25) is 15.9 Å². The molecule has 3 aromatic rings. The molecule has 1 fully saturated rings. The highest BCUT2D eigenvalue weighted by Gasteiger charge is 2.34. The summed E-state index contributed by atoms with van der Waals surface area (Å²) in [5, 5.41) is 1.99. The van der Waals surface area contributed by atoms with Gasteiger partial charge in [0.05, 0.1) is 24.2 Å². The second-order valence-electron chi connectivity index (χ2n) is 8.34. The van der Waals surface area contributed by atoms with E-state index >= 15 is 0 Å². The van der Waals surface area contributed by atoms with E-state index in [0.717, 1.165) is 10.6 Å². The number of fused-ring (bicyclic) bond motifs is 1. The van der Waals surface area contributed by atoms with Crippen LogP contribution in [-0.2, 0) is 27.9 Å². The van der Waals surface area contributed by atoms with E-state index in [1.54, 1.807) is 34.6 Å². The zero-order valence-electron chi connectivity index (χ0n) is 18.6. The van der Waals surface area contributed by atoms with Gasteiger partial charge in [-0.05, 0) is 48.6 Å². The normalized spacial score (nSPS) is 16.9. The lowest BCUT2D eigenvalue weighted by molar-refractivity contribution is -0.138. The summed E-state index contributed by atoms with van der Waals surface area (Å²) in [6, 6.07) is 12.3. The summed E-state index contributed by atoms with van der Waals surface area (Å²) in [5.41, 5.74) is 0. The van der Waals surface area contributed by atoms with Crippen LogP contribution in [0.25, 0.3) is 0 Å². The molecule has 34 heavy (non-hydrogen) atoms. The first-order valence-electron chi connectivity index (χ1n) is 11.2. The third-order valence-electron chi connectivity index (χ3n) is 6.12. The zero-order valence-corrected chi connectivity index (χ0v) is 20.2. The third kappa shape index (κ3) is 4.84. The van der Waals surface area contributed by atoms with Crippen LogP contribution in [0.15, 0.2) is 63.4 Å². The van der Waals surface area contributed by atoms with Gasteiger partial charge in [-0.2, -0.15) is 4.31 Å². The lowest BCUT2D eigenvalue weighted by Gasteiger charge is -2.33. The van der Waals surface area contributed by atoms with Gasteiger partial charge in [-0.1, -0.05) is 6.07 Å². The number of nitrogens with zero attached hydrogens (tertiary/aromatic N) is 2. The average molecular weight is 503 g/mol. The van der Waals surface area contributed by atoms with Gasteiger partial charge in [0, 0.05) is 30.0 Å². The fraction of sp³-hybridized carbons (Fsp3) is 0.375. The monoisotopic (exact) mass is 502 g/mol. The van der Waals surface area contributed by atoms with Gasteiger partial charge in [0.15, 0.2) is 11.5 Å². The Bertz CT molecular complexity index is 1180. The van der Waals surface area contributed by atoms with Crippen LogP contribution in [0.5, 0.6) is 11.5 Å². The number of furan rings is 1. The van der Waals surface area contributed by atoms with Crippen LogP contribution < -0.4 is 9.47 Å². The quantitative estimate of drug-likeness (QED) is 0.489. The fourth-order valence-electron chi connectivity index (χ4n) is 4.33. The number of carbonyl (C=O) groups is 1. The lowest BCUT2D eigenvalue weighted by atomic mass is 9.96. The molecule has 0 atom stereocenters. The Morgan fingerprint density at radius 3 is 2.53 bits per heavy atom. The molecule has 0 aliphatic carbocycles. The van der Waals surface area contributed by atoms with Gasteiger partial charge >= 0.3 is 0 Å². The van der Waals surface area contributed by atoms with Gasteiger partial charge in [0.1, 0.15) is 19.0 Å². The van der Waals surface area contributed by atoms with Crippen LogP contribution in [0, 0.1) is 5.92 Å². The molecule has 0 unspecified atom stereocenters. The molecular weight excluding hydrogens is 476 g/mol. The molecule has 0 radical (unpaired) electrons. The van der Waals surface area contributed by atoms with Crippen molar-refractivity contribution in [3.8, 4) is 11.5 Å². The summed E-state index contributed by atoms with van der Waals surface area (Å²) >= 11 is 1.61. The van der Waals surface area contributed by atoms with E-state index in [0.29, 0.717) is 63.7 Å². The molecular formula is C24H26N2O6S2. The maximum absolute atomic E-state index is 13.4. The van der Waals surface area contributed by atoms with Crippen LogP contribution in [0.3, 0.4) is 0 Å². The standard InChI is InChI=1S/C24H26N2O6S2/c27-24(25(16-19-3-1-11-30-19)17-20-4-2-14-33-20)18-7-9-26(10-8-18)34(28,29)21-5-6-22-23(15-21)32-13-12-31-22/h1-6,11,14-15,18H,7-10,12-13,16-17H2. The highest BCUT2D eigenvalue weighted by atomic mass is 32.2. The first-order valence-corrected chi connectivity index (χ1v) is 13.6. The topological polar surface area (TPSA) is 89.3 Å². The van der Waals surface area contributed by atoms with E-state index in [9.17, 15) is 13.2 Å². The van der Waals surface area contributed by atoms with E-state index in [1.807, 2.05) is 29.6 Å². The summed E-state index contributed by atoms with van der Waals surface area (Å²) in [5.74, 6) is 1.52. The molecule has 1 amide bonds. The molecule has 1 saturated heterocycles. The first-order chi connectivity index (χ1) is 16.5. The fourth-order valence-corrected chi connectivity index (χ4v) is 6.53. The molecule has 4 heterocycles. The SMILES string of the molecule is O=C(C1CCN(S(=O)(=O)c2ccc3c(c2)OCCO3)CC1)N(Cc1ccco1)Cc1cccs1. The van der Waals surface area contributed by atoms with Crippen molar-refractivity contribution in [2.24, 2.45) is 5.92 Å². The third-order valence-corrected chi connectivity index (χ3v) is 8.88. The number of carbonyl (C=O) groups excluding carboxylic acids is 1. The van der Waals surface area contributed by atoms with Crippen molar-refractivity contribution in [3.63, 3.8) is 0 Å². The minimum Gasteiger partial charge on any atom is -0.486 e. The molecule has 2 aliphatic rings. The van der Waals surface area contributed by atoms with Crippen molar-refractivity contribution in [2.45, 2.75) is 30.8 Å². The summed E-state index contributed by atoms with van der Waals surface area (Å²) < 4.78 is 44.4. The molecule has 0 N–H and O–H groups in total. The molecule has 8 nitrogen and oxygen atoms in total. The Morgan fingerprint density at radius 2 is 1.82 bits per heavy atom. The highest BCUT2D eigenvalue weighted by molar-refractivity contribution is 7.89. The molecule has 0 bridgehead atoms. The number of sulfonamides is 1. The molecule has 180 valence electrons. The zero-order chi connectivity index (χ0) is 23.5. The molecule has 2 aliphatic heterocycles. The molecule has 10 heteroatoms. The largest absolute Gasteiger partial charge is 0.486 e. The van der Waals surface area contributed by atoms with Crippen molar-refractivity contribution in [2.75, 3.05) is 26.3 Å².